The lowest BCUT2D eigenvalue weighted by atomic mass is 9.94. The molecule has 0 unspecified atom stereocenters. The third-order valence-electron chi connectivity index (χ3n) is 3.68. The highest BCUT2D eigenvalue weighted by Crippen LogP contribution is 2.26. The quantitative estimate of drug-likeness (QED) is 0.578. The summed E-state index contributed by atoms with van der Waals surface area (Å²) in [7, 11) is 0. The maximum atomic E-state index is 11.9. The van der Waals surface area contributed by atoms with E-state index in [9.17, 15) is 19.5 Å². The van der Waals surface area contributed by atoms with Gasteiger partial charge < -0.3 is 15.4 Å². The summed E-state index contributed by atoms with van der Waals surface area (Å²) in [5.41, 5.74) is -2.46. The maximum absolute atomic E-state index is 11.9. The summed E-state index contributed by atoms with van der Waals surface area (Å²) in [6.45, 7) is 0.115. The van der Waals surface area contributed by atoms with Crippen molar-refractivity contribution >= 4 is 5.91 Å². The molecule has 4 N–H and O–H groups in total. The SMILES string of the molecule is O=C(NCC1(O)CCCCCC1)c1c[nH]c(=O)[nH]c1=O. The molecule has 0 radical (unpaired) electrons. The Bertz CT molecular complexity index is 582. The minimum absolute atomic E-state index is 0.115. The first-order chi connectivity index (χ1) is 9.50. The zero-order chi connectivity index (χ0) is 14.6. The van der Waals surface area contributed by atoms with Gasteiger partial charge in [0.15, 0.2) is 0 Å². The smallest absolute Gasteiger partial charge is 0.325 e. The van der Waals surface area contributed by atoms with Gasteiger partial charge in [-0.25, -0.2) is 4.79 Å². The van der Waals surface area contributed by atoms with Crippen LogP contribution >= 0.6 is 0 Å². The van der Waals surface area contributed by atoms with E-state index in [0.717, 1.165) is 31.9 Å². The average Bonchev–Trinajstić information content (AvgIpc) is 2.61. The third kappa shape index (κ3) is 3.57. The predicted molar refractivity (Wildman–Crippen MR) is 72.7 cm³/mol. The highest BCUT2D eigenvalue weighted by molar-refractivity contribution is 5.93. The number of H-pyrrole nitrogens is 2. The van der Waals surface area contributed by atoms with Crippen LogP contribution in [0.5, 0.6) is 0 Å². The van der Waals surface area contributed by atoms with E-state index in [0.29, 0.717) is 12.8 Å². The van der Waals surface area contributed by atoms with Crippen molar-refractivity contribution in [2.75, 3.05) is 6.54 Å². The Morgan fingerprint density at radius 1 is 1.25 bits per heavy atom. The molecule has 110 valence electrons. The number of hydrogen-bond acceptors (Lipinski definition) is 4. The van der Waals surface area contributed by atoms with Gasteiger partial charge in [0.05, 0.1) is 5.60 Å². The Balaban J connectivity index is 2.01. The molecule has 1 fully saturated rings. The van der Waals surface area contributed by atoms with Gasteiger partial charge in [-0.1, -0.05) is 25.7 Å². The van der Waals surface area contributed by atoms with Crippen LogP contribution in [0.2, 0.25) is 0 Å². The van der Waals surface area contributed by atoms with Gasteiger partial charge in [0.2, 0.25) is 0 Å². The fourth-order valence-electron chi connectivity index (χ4n) is 2.48. The summed E-state index contributed by atoms with van der Waals surface area (Å²) in [5, 5.41) is 13.0. The highest BCUT2D eigenvalue weighted by atomic mass is 16.3. The van der Waals surface area contributed by atoms with E-state index in [1.165, 1.54) is 0 Å². The molecule has 20 heavy (non-hydrogen) atoms. The molecule has 0 atom stereocenters. The lowest BCUT2D eigenvalue weighted by Gasteiger charge is -2.26. The molecule has 0 spiro atoms. The van der Waals surface area contributed by atoms with Crippen LogP contribution in [0.4, 0.5) is 0 Å². The van der Waals surface area contributed by atoms with Crippen LogP contribution in [0.3, 0.4) is 0 Å². The van der Waals surface area contributed by atoms with E-state index in [4.69, 9.17) is 0 Å². The molecule has 1 aromatic rings. The topological polar surface area (TPSA) is 115 Å². The van der Waals surface area contributed by atoms with E-state index in [1.54, 1.807) is 0 Å². The average molecular weight is 281 g/mol. The van der Waals surface area contributed by atoms with Gasteiger partial charge in [0, 0.05) is 12.7 Å². The van der Waals surface area contributed by atoms with Gasteiger partial charge in [-0.15, -0.1) is 0 Å². The molecule has 0 saturated heterocycles. The molecule has 1 heterocycles. The number of aromatic amines is 2. The molecular weight excluding hydrogens is 262 g/mol. The van der Waals surface area contributed by atoms with Crippen molar-refractivity contribution in [3.8, 4) is 0 Å². The third-order valence-corrected chi connectivity index (χ3v) is 3.68. The number of hydrogen-bond donors (Lipinski definition) is 4. The number of amides is 1. The minimum Gasteiger partial charge on any atom is -0.388 e. The second-order valence-electron chi connectivity index (χ2n) is 5.31. The molecule has 1 saturated carbocycles. The largest absolute Gasteiger partial charge is 0.388 e. The van der Waals surface area contributed by atoms with Crippen LogP contribution < -0.4 is 16.6 Å². The molecule has 7 nitrogen and oxygen atoms in total. The molecule has 1 amide bonds. The number of nitrogens with one attached hydrogen (secondary N) is 3. The minimum atomic E-state index is -0.902. The van der Waals surface area contributed by atoms with Crippen molar-refractivity contribution < 1.29 is 9.90 Å². The summed E-state index contributed by atoms with van der Waals surface area (Å²) in [4.78, 5) is 38.5. The Morgan fingerprint density at radius 3 is 2.50 bits per heavy atom. The summed E-state index contributed by atoms with van der Waals surface area (Å²) in [6, 6.07) is 0. The number of carbonyl (C=O) groups is 1. The fourth-order valence-corrected chi connectivity index (χ4v) is 2.48. The van der Waals surface area contributed by atoms with Crippen molar-refractivity contribution in [3.63, 3.8) is 0 Å². The molecular formula is C13H19N3O4. The summed E-state index contributed by atoms with van der Waals surface area (Å²) in [5.74, 6) is -0.597. The highest BCUT2D eigenvalue weighted by Gasteiger charge is 2.28. The van der Waals surface area contributed by atoms with Gasteiger partial charge >= 0.3 is 5.69 Å². The molecule has 2 rings (SSSR count). The normalized spacial score (nSPS) is 18.2. The maximum Gasteiger partial charge on any atom is 0.325 e. The molecule has 7 heteroatoms. The molecule has 0 aliphatic heterocycles. The van der Waals surface area contributed by atoms with E-state index in [-0.39, 0.29) is 12.1 Å². The van der Waals surface area contributed by atoms with Crippen LogP contribution in [-0.4, -0.2) is 33.1 Å². The first-order valence-corrected chi connectivity index (χ1v) is 6.83. The summed E-state index contributed by atoms with van der Waals surface area (Å²) >= 11 is 0. The van der Waals surface area contributed by atoms with Crippen LogP contribution in [0.15, 0.2) is 15.8 Å². The van der Waals surface area contributed by atoms with Gasteiger partial charge in [0.1, 0.15) is 5.56 Å². The Labute approximate surface area is 115 Å². The van der Waals surface area contributed by atoms with Gasteiger partial charge in [0.25, 0.3) is 11.5 Å². The zero-order valence-electron chi connectivity index (χ0n) is 11.2. The van der Waals surface area contributed by atoms with Crippen molar-refractivity contribution in [2.45, 2.75) is 44.1 Å². The van der Waals surface area contributed by atoms with Crippen LogP contribution in [0.1, 0.15) is 48.9 Å². The van der Waals surface area contributed by atoms with Gasteiger partial charge in [-0.2, -0.15) is 0 Å². The van der Waals surface area contributed by atoms with Crippen molar-refractivity contribution in [1.29, 1.82) is 0 Å². The molecule has 1 aromatic heterocycles. The molecule has 0 aromatic carbocycles. The molecule has 1 aliphatic rings. The molecule has 1 aliphatic carbocycles. The Kier molecular flexibility index (Phi) is 4.39. The van der Waals surface area contributed by atoms with Crippen LogP contribution in [0, 0.1) is 0 Å². The summed E-state index contributed by atoms with van der Waals surface area (Å²) < 4.78 is 0. The van der Waals surface area contributed by atoms with Crippen molar-refractivity contribution in [1.82, 2.24) is 15.3 Å². The second kappa shape index (κ2) is 6.04. The Hall–Kier alpha value is -1.89. The van der Waals surface area contributed by atoms with Gasteiger partial charge in [-0.3, -0.25) is 14.6 Å². The predicted octanol–water partition coefficient (Wildman–Crippen LogP) is -0.122. The van der Waals surface area contributed by atoms with Crippen molar-refractivity contribution in [2.24, 2.45) is 0 Å². The number of aliphatic hydroxyl groups is 1. The van der Waals surface area contributed by atoms with E-state index in [1.807, 2.05) is 4.98 Å². The fraction of sp³-hybridized carbons (Fsp3) is 0.615. The number of carbonyl (C=O) groups excluding carboxylic acids is 1. The van der Waals surface area contributed by atoms with E-state index in [2.05, 4.69) is 10.3 Å². The molecule has 0 bridgehead atoms. The van der Waals surface area contributed by atoms with Crippen LogP contribution in [0.25, 0.3) is 0 Å². The van der Waals surface area contributed by atoms with E-state index < -0.39 is 22.8 Å². The first-order valence-electron chi connectivity index (χ1n) is 6.83. The first kappa shape index (κ1) is 14.5. The van der Waals surface area contributed by atoms with E-state index >= 15 is 0 Å². The van der Waals surface area contributed by atoms with Crippen molar-refractivity contribution in [3.05, 3.63) is 32.6 Å². The lowest BCUT2D eigenvalue weighted by molar-refractivity contribution is 0.0246. The number of aromatic nitrogens is 2. The second-order valence-corrected chi connectivity index (χ2v) is 5.31. The monoisotopic (exact) mass is 281 g/mol. The standard InChI is InChI=1S/C13H19N3O4/c17-10(9-7-14-12(19)16-11(9)18)15-8-13(20)5-3-1-2-4-6-13/h7,20H,1-6,8H2,(H,15,17)(H2,14,16,18,19). The summed E-state index contributed by atoms with van der Waals surface area (Å²) in [6.07, 6.45) is 6.43. The van der Waals surface area contributed by atoms with Crippen LogP contribution in [-0.2, 0) is 0 Å². The lowest BCUT2D eigenvalue weighted by Crippen LogP contribution is -2.44. The number of rotatable bonds is 3. The zero-order valence-corrected chi connectivity index (χ0v) is 11.2. The Morgan fingerprint density at radius 2 is 1.90 bits per heavy atom. The van der Waals surface area contributed by atoms with Gasteiger partial charge in [-0.05, 0) is 12.8 Å².